The second-order valence-corrected chi connectivity index (χ2v) is 5.39. The van der Waals surface area contributed by atoms with Crippen LogP contribution in [-0.2, 0) is 6.42 Å². The number of hydrogen-bond donors (Lipinski definition) is 1. The van der Waals surface area contributed by atoms with E-state index >= 15 is 0 Å². The Morgan fingerprint density at radius 3 is 2.65 bits per heavy atom. The highest BCUT2D eigenvalue weighted by Crippen LogP contribution is 2.25. The quantitative estimate of drug-likeness (QED) is 0.913. The molecule has 0 aliphatic rings. The molecule has 0 aliphatic heterocycles. The van der Waals surface area contributed by atoms with Crippen molar-refractivity contribution in [2.24, 2.45) is 0 Å². The topological polar surface area (TPSA) is 19.0 Å². The molecule has 1 heterocycles. The molecule has 1 aromatic heterocycles. The molecule has 0 saturated carbocycles. The third-order valence-corrected chi connectivity index (χ3v) is 3.38. The summed E-state index contributed by atoms with van der Waals surface area (Å²) < 4.78 is 1.14. The zero-order valence-corrected chi connectivity index (χ0v) is 12.8. The molecule has 0 bridgehead atoms. The van der Waals surface area contributed by atoms with Gasteiger partial charge in [-0.15, -0.1) is 12.4 Å². The molecular formula is C13H18BrClN2. The van der Waals surface area contributed by atoms with E-state index in [0.29, 0.717) is 0 Å². The number of nitrogens with zero attached hydrogens (tertiary/aromatic N) is 1. The van der Waals surface area contributed by atoms with Gasteiger partial charge in [0.15, 0.2) is 0 Å². The van der Waals surface area contributed by atoms with Gasteiger partial charge in [0.25, 0.3) is 0 Å². The highest BCUT2D eigenvalue weighted by molar-refractivity contribution is 9.10. The lowest BCUT2D eigenvalue weighted by Crippen LogP contribution is -2.15. The summed E-state index contributed by atoms with van der Waals surface area (Å²) in [7, 11) is 4.22. The highest BCUT2D eigenvalue weighted by Gasteiger charge is 2.08. The SMILES string of the molecule is Cc1[nH]c2ccc(Br)cc2c1CCN(C)C.Cl. The van der Waals surface area contributed by atoms with Gasteiger partial charge in [0.2, 0.25) is 0 Å². The molecule has 0 spiro atoms. The first kappa shape index (κ1) is 14.6. The molecule has 2 aromatic rings. The Bertz CT molecular complexity index is 505. The molecule has 4 heteroatoms. The van der Waals surface area contributed by atoms with E-state index in [2.05, 4.69) is 65.0 Å². The van der Waals surface area contributed by atoms with Crippen LogP contribution in [0.2, 0.25) is 0 Å². The molecule has 1 N–H and O–H groups in total. The standard InChI is InChI=1S/C13H17BrN2.ClH/c1-9-11(6-7-16(2)3)12-8-10(14)4-5-13(12)15-9;/h4-5,8,15H,6-7H2,1-3H3;1H. The van der Waals surface area contributed by atoms with E-state index in [1.165, 1.54) is 22.2 Å². The number of nitrogens with one attached hydrogen (secondary N) is 1. The second kappa shape index (κ2) is 5.89. The number of H-pyrrole nitrogens is 1. The molecule has 0 aliphatic carbocycles. The van der Waals surface area contributed by atoms with Crippen LogP contribution in [-0.4, -0.2) is 30.5 Å². The van der Waals surface area contributed by atoms with Crippen molar-refractivity contribution in [1.82, 2.24) is 9.88 Å². The average Bonchev–Trinajstić information content (AvgIpc) is 2.51. The molecular weight excluding hydrogens is 300 g/mol. The van der Waals surface area contributed by atoms with Crippen molar-refractivity contribution < 1.29 is 0 Å². The van der Waals surface area contributed by atoms with Crippen LogP contribution >= 0.6 is 28.3 Å². The maximum atomic E-state index is 3.53. The Hall–Kier alpha value is -0.510. The molecule has 0 amide bonds. The van der Waals surface area contributed by atoms with Gasteiger partial charge in [-0.05, 0) is 51.2 Å². The number of aromatic nitrogens is 1. The van der Waals surface area contributed by atoms with Gasteiger partial charge in [-0.2, -0.15) is 0 Å². The van der Waals surface area contributed by atoms with Gasteiger partial charge in [0.05, 0.1) is 0 Å². The average molecular weight is 318 g/mol. The predicted molar refractivity (Wildman–Crippen MR) is 80.2 cm³/mol. The molecule has 0 fully saturated rings. The van der Waals surface area contributed by atoms with Crippen molar-refractivity contribution in [2.75, 3.05) is 20.6 Å². The number of likely N-dealkylation sites (N-methyl/N-ethyl adjacent to an activating group) is 1. The predicted octanol–water partition coefficient (Wildman–Crippen LogP) is 3.76. The van der Waals surface area contributed by atoms with E-state index in [1.807, 2.05) is 0 Å². The number of hydrogen-bond acceptors (Lipinski definition) is 1. The van der Waals surface area contributed by atoms with Crippen LogP contribution < -0.4 is 0 Å². The van der Waals surface area contributed by atoms with Gasteiger partial charge in [0.1, 0.15) is 0 Å². The number of fused-ring (bicyclic) bond motifs is 1. The lowest BCUT2D eigenvalue weighted by atomic mass is 10.1. The Labute approximate surface area is 117 Å². The summed E-state index contributed by atoms with van der Waals surface area (Å²) in [6, 6.07) is 6.41. The van der Waals surface area contributed by atoms with E-state index < -0.39 is 0 Å². The maximum Gasteiger partial charge on any atom is 0.0459 e. The van der Waals surface area contributed by atoms with Gasteiger partial charge in [-0.3, -0.25) is 0 Å². The van der Waals surface area contributed by atoms with Crippen molar-refractivity contribution in [3.8, 4) is 0 Å². The normalized spacial score (nSPS) is 10.9. The number of benzene rings is 1. The fourth-order valence-corrected chi connectivity index (χ4v) is 2.37. The van der Waals surface area contributed by atoms with Crippen LogP contribution in [0, 0.1) is 6.92 Å². The van der Waals surface area contributed by atoms with Gasteiger partial charge < -0.3 is 9.88 Å². The number of rotatable bonds is 3. The third kappa shape index (κ3) is 3.24. The minimum Gasteiger partial charge on any atom is -0.358 e. The summed E-state index contributed by atoms with van der Waals surface area (Å²) >= 11 is 3.53. The minimum absolute atomic E-state index is 0. The van der Waals surface area contributed by atoms with E-state index in [-0.39, 0.29) is 12.4 Å². The number of aromatic amines is 1. The lowest BCUT2D eigenvalue weighted by Gasteiger charge is -2.09. The van der Waals surface area contributed by atoms with Crippen molar-refractivity contribution in [3.05, 3.63) is 33.9 Å². The van der Waals surface area contributed by atoms with Gasteiger partial charge in [-0.1, -0.05) is 15.9 Å². The zero-order chi connectivity index (χ0) is 11.7. The summed E-state index contributed by atoms with van der Waals surface area (Å²) in [5, 5.41) is 1.34. The monoisotopic (exact) mass is 316 g/mol. The first-order chi connectivity index (χ1) is 7.58. The summed E-state index contributed by atoms with van der Waals surface area (Å²) in [6.07, 6.45) is 1.09. The molecule has 94 valence electrons. The van der Waals surface area contributed by atoms with Crippen molar-refractivity contribution in [1.29, 1.82) is 0 Å². The molecule has 0 radical (unpaired) electrons. The van der Waals surface area contributed by atoms with E-state index in [4.69, 9.17) is 0 Å². The maximum absolute atomic E-state index is 3.53. The third-order valence-electron chi connectivity index (χ3n) is 2.89. The molecule has 2 nitrogen and oxygen atoms in total. The van der Waals surface area contributed by atoms with Crippen molar-refractivity contribution in [2.45, 2.75) is 13.3 Å². The van der Waals surface area contributed by atoms with E-state index in [1.54, 1.807) is 0 Å². The molecule has 0 saturated heterocycles. The van der Waals surface area contributed by atoms with Crippen LogP contribution in [0.3, 0.4) is 0 Å². The first-order valence-electron chi connectivity index (χ1n) is 5.49. The van der Waals surface area contributed by atoms with Crippen LogP contribution in [0.25, 0.3) is 10.9 Å². The van der Waals surface area contributed by atoms with E-state index in [9.17, 15) is 0 Å². The zero-order valence-electron chi connectivity index (χ0n) is 10.4. The minimum atomic E-state index is 0. The van der Waals surface area contributed by atoms with Crippen LogP contribution in [0.1, 0.15) is 11.3 Å². The van der Waals surface area contributed by atoms with Crippen molar-refractivity contribution in [3.63, 3.8) is 0 Å². The first-order valence-corrected chi connectivity index (χ1v) is 6.28. The van der Waals surface area contributed by atoms with Gasteiger partial charge in [0, 0.05) is 27.6 Å². The summed E-state index contributed by atoms with van der Waals surface area (Å²) in [5.74, 6) is 0. The Morgan fingerprint density at radius 1 is 1.29 bits per heavy atom. The number of halogens is 2. The van der Waals surface area contributed by atoms with Gasteiger partial charge in [-0.25, -0.2) is 0 Å². The largest absolute Gasteiger partial charge is 0.358 e. The summed E-state index contributed by atoms with van der Waals surface area (Å²) in [6.45, 7) is 3.24. The molecule has 1 aromatic carbocycles. The Kier molecular flexibility index (Phi) is 5.04. The lowest BCUT2D eigenvalue weighted by molar-refractivity contribution is 0.414. The van der Waals surface area contributed by atoms with Gasteiger partial charge >= 0.3 is 0 Å². The highest BCUT2D eigenvalue weighted by atomic mass is 79.9. The molecule has 0 atom stereocenters. The number of aryl methyl sites for hydroxylation is 1. The Balaban J connectivity index is 0.00000144. The molecule has 0 unspecified atom stereocenters. The summed E-state index contributed by atoms with van der Waals surface area (Å²) in [5.41, 5.74) is 3.95. The van der Waals surface area contributed by atoms with Crippen LogP contribution in [0.5, 0.6) is 0 Å². The van der Waals surface area contributed by atoms with Crippen LogP contribution in [0.15, 0.2) is 22.7 Å². The molecule has 17 heavy (non-hydrogen) atoms. The van der Waals surface area contributed by atoms with E-state index in [0.717, 1.165) is 17.4 Å². The fraction of sp³-hybridized carbons (Fsp3) is 0.385. The van der Waals surface area contributed by atoms with Crippen molar-refractivity contribution >= 4 is 39.2 Å². The Morgan fingerprint density at radius 2 is 2.00 bits per heavy atom. The van der Waals surface area contributed by atoms with Crippen LogP contribution in [0.4, 0.5) is 0 Å². The second-order valence-electron chi connectivity index (χ2n) is 4.47. The summed E-state index contributed by atoms with van der Waals surface area (Å²) in [4.78, 5) is 5.66. The smallest absolute Gasteiger partial charge is 0.0459 e. The molecule has 2 rings (SSSR count). The fourth-order valence-electron chi connectivity index (χ4n) is 2.01.